The minimum atomic E-state index is -1.97. The Morgan fingerprint density at radius 2 is 1.05 bits per heavy atom. The lowest BCUT2D eigenvalue weighted by Gasteiger charge is -2.40. The highest BCUT2D eigenvalue weighted by atomic mass is 16.6. The van der Waals surface area contributed by atoms with Crippen molar-refractivity contribution in [3.05, 3.63) is 0 Å². The Labute approximate surface area is 342 Å². The highest BCUT2D eigenvalue weighted by molar-refractivity contribution is 6.31. The van der Waals surface area contributed by atoms with Crippen LogP contribution in [0.4, 0.5) is 0 Å². The van der Waals surface area contributed by atoms with E-state index in [1.165, 1.54) is 55.4 Å². The molecule has 1 fully saturated rings. The van der Waals surface area contributed by atoms with Gasteiger partial charge in [-0.05, 0) is 73.1 Å². The lowest BCUT2D eigenvalue weighted by molar-refractivity contribution is -0.204. The zero-order valence-electron chi connectivity index (χ0n) is 35.8. The largest absolute Gasteiger partial charge is 0.473 e. The van der Waals surface area contributed by atoms with Crippen molar-refractivity contribution < 1.29 is 95.7 Å². The first-order valence-corrected chi connectivity index (χ1v) is 19.1. The molecule has 59 heavy (non-hydrogen) atoms. The molecule has 1 aliphatic heterocycles. The Morgan fingerprint density at radius 1 is 0.644 bits per heavy atom. The lowest BCUT2D eigenvalue weighted by Crippen LogP contribution is -2.51. The van der Waals surface area contributed by atoms with Crippen LogP contribution >= 0.6 is 0 Å². The third-order valence-corrected chi connectivity index (χ3v) is 10.3. The summed E-state index contributed by atoms with van der Waals surface area (Å²) in [6.45, 7) is 15.3. The van der Waals surface area contributed by atoms with Gasteiger partial charge in [-0.25, -0.2) is 47.9 Å². The molecule has 1 heterocycles. The molecule has 20 nitrogen and oxygen atoms in total. The summed E-state index contributed by atoms with van der Waals surface area (Å²) in [5, 5.41) is 9.08. The summed E-state index contributed by atoms with van der Waals surface area (Å²) in [4.78, 5) is 127. The van der Waals surface area contributed by atoms with Gasteiger partial charge in [-0.15, -0.1) is 0 Å². The van der Waals surface area contributed by atoms with Crippen LogP contribution < -0.4 is 0 Å². The quantitative estimate of drug-likeness (QED) is 0.149. The van der Waals surface area contributed by atoms with Gasteiger partial charge >= 0.3 is 59.7 Å². The molecule has 0 spiro atoms. The van der Waals surface area contributed by atoms with Gasteiger partial charge in [-0.2, -0.15) is 0 Å². The normalized spacial score (nSPS) is 17.4. The van der Waals surface area contributed by atoms with Crippen molar-refractivity contribution in [3.63, 3.8) is 0 Å². The van der Waals surface area contributed by atoms with E-state index in [4.69, 9.17) is 47.7 Å². The predicted octanol–water partition coefficient (Wildman–Crippen LogP) is 2.71. The molecule has 1 atom stereocenters. The molecule has 0 aromatic heterocycles. The molecule has 0 aromatic rings. The average Bonchev–Trinajstić information content (AvgIpc) is 3.13. The van der Waals surface area contributed by atoms with Gasteiger partial charge < -0.3 is 47.7 Å². The summed E-state index contributed by atoms with van der Waals surface area (Å²) in [5.41, 5.74) is -7.50. The van der Waals surface area contributed by atoms with Gasteiger partial charge in [-0.1, -0.05) is 41.5 Å². The van der Waals surface area contributed by atoms with Crippen molar-refractivity contribution in [2.24, 2.45) is 17.8 Å². The number of esters is 9. The smallest absolute Gasteiger partial charge is 0.418 e. The van der Waals surface area contributed by atoms with Crippen molar-refractivity contribution in [1.29, 1.82) is 0 Å². The predicted molar refractivity (Wildman–Crippen MR) is 197 cm³/mol. The number of rotatable bonds is 14. The van der Waals surface area contributed by atoms with Gasteiger partial charge in [0.25, 0.3) is 0 Å². The second-order valence-corrected chi connectivity index (χ2v) is 16.0. The summed E-state index contributed by atoms with van der Waals surface area (Å²) in [6, 6.07) is 0. The van der Waals surface area contributed by atoms with Gasteiger partial charge in [0.1, 0.15) is 54.4 Å². The minimum Gasteiger partial charge on any atom is -0.473 e. The van der Waals surface area contributed by atoms with Gasteiger partial charge in [0.2, 0.25) is 0 Å². The Kier molecular flexibility index (Phi) is 18.5. The molecule has 0 saturated carbocycles. The number of carbonyl (C=O) groups is 10. The van der Waals surface area contributed by atoms with E-state index >= 15 is 0 Å². The van der Waals surface area contributed by atoms with E-state index in [0.29, 0.717) is 0 Å². The Hall–Kier alpha value is -5.30. The van der Waals surface area contributed by atoms with E-state index in [2.05, 4.69) is 0 Å². The number of cyclic esters (lactones) is 4. The van der Waals surface area contributed by atoms with Crippen LogP contribution in [0.5, 0.6) is 0 Å². The topological polar surface area (TPSA) is 274 Å². The van der Waals surface area contributed by atoms with Crippen molar-refractivity contribution in [1.82, 2.24) is 0 Å². The summed E-state index contributed by atoms with van der Waals surface area (Å²) in [5.74, 6) is -18.4. The molecule has 0 aromatic carbocycles. The zero-order valence-corrected chi connectivity index (χ0v) is 35.8. The fourth-order valence-corrected chi connectivity index (χ4v) is 6.29. The Morgan fingerprint density at radius 3 is 1.44 bits per heavy atom. The van der Waals surface area contributed by atoms with Crippen LogP contribution in [0, 0.1) is 17.8 Å². The highest BCUT2D eigenvalue weighted by Crippen LogP contribution is 2.35. The SMILES string of the molecule is CCC(CC)(OC(=O)C(=O)OC(CC)(CC)C(COC(=O)C(=O)O)COC(=O)C(=O)OC(C)(C)C(C)C)C1COC(=O)C(=O)OC(C)(C)CC(C)(C)OC(=O)C(=O)OC1. The molecule has 1 aliphatic rings. The number of carboxylic acid groups (broad SMARTS) is 1. The third kappa shape index (κ3) is 14.8. The number of carbonyl (C=O) groups excluding carboxylic acids is 9. The van der Waals surface area contributed by atoms with Gasteiger partial charge in [-0.3, -0.25) is 0 Å². The fraction of sp³-hybridized carbons (Fsp3) is 0.744. The summed E-state index contributed by atoms with van der Waals surface area (Å²) < 4.78 is 47.6. The van der Waals surface area contributed by atoms with Crippen LogP contribution in [0.1, 0.15) is 115 Å². The molecule has 0 radical (unpaired) electrons. The maximum absolute atomic E-state index is 13.6. The monoisotopic (exact) mass is 846 g/mol. The maximum Gasteiger partial charge on any atom is 0.418 e. The summed E-state index contributed by atoms with van der Waals surface area (Å²) >= 11 is 0. The molecule has 0 amide bonds. The van der Waals surface area contributed by atoms with E-state index in [-0.39, 0.29) is 38.0 Å². The molecule has 0 bridgehead atoms. The van der Waals surface area contributed by atoms with Gasteiger partial charge in [0.15, 0.2) is 0 Å². The Balaban J connectivity index is 3.51. The first-order chi connectivity index (χ1) is 27.1. The molecule has 0 aliphatic carbocycles. The number of carboxylic acids is 1. The third-order valence-electron chi connectivity index (χ3n) is 10.3. The van der Waals surface area contributed by atoms with Gasteiger partial charge in [0, 0.05) is 6.42 Å². The van der Waals surface area contributed by atoms with Crippen molar-refractivity contribution in [3.8, 4) is 0 Å². The molecule has 1 rings (SSSR count). The van der Waals surface area contributed by atoms with E-state index < -0.39 is 126 Å². The second kappa shape index (κ2) is 21.1. The van der Waals surface area contributed by atoms with E-state index in [1.54, 1.807) is 27.7 Å². The number of aliphatic carboxylic acids is 1. The molecule has 334 valence electrons. The number of hydrogen-bond donors (Lipinski definition) is 1. The van der Waals surface area contributed by atoms with Crippen molar-refractivity contribution in [2.45, 2.75) is 143 Å². The fourth-order valence-electron chi connectivity index (χ4n) is 6.29. The molecular formula is C39H58O20. The maximum atomic E-state index is 13.6. The van der Waals surface area contributed by atoms with Gasteiger partial charge in [0.05, 0.1) is 11.8 Å². The lowest BCUT2D eigenvalue weighted by atomic mass is 9.83. The first kappa shape index (κ1) is 51.7. The molecule has 1 unspecified atom stereocenters. The van der Waals surface area contributed by atoms with Crippen molar-refractivity contribution >= 4 is 59.7 Å². The standard InChI is InChI=1S/C39H58O20/c1-13-38(14-2,23(17-51-26(42)25(40)41)18-54-29(45)32(48)57-37(11,12)22(5)6)58-33(49)34(50)59-39(15-3,16-4)24-19-52-27(43)30(46)55-35(7,8)21-36(9,10)56-31(47)28(44)53-20-24/h22-24H,13-21H2,1-12H3,(H,40,41). The van der Waals surface area contributed by atoms with Crippen molar-refractivity contribution in [2.75, 3.05) is 26.4 Å². The zero-order chi connectivity index (χ0) is 45.7. The van der Waals surface area contributed by atoms with Crippen LogP contribution in [0.3, 0.4) is 0 Å². The Bertz CT molecular complexity index is 1550. The second-order valence-electron chi connectivity index (χ2n) is 16.0. The summed E-state index contributed by atoms with van der Waals surface area (Å²) in [7, 11) is 0. The van der Waals surface area contributed by atoms with E-state index in [0.717, 1.165) is 0 Å². The summed E-state index contributed by atoms with van der Waals surface area (Å²) in [6.07, 6.45) is -0.693. The first-order valence-electron chi connectivity index (χ1n) is 19.1. The molecule has 1 N–H and O–H groups in total. The average molecular weight is 847 g/mol. The minimum absolute atomic E-state index is 0.128. The van der Waals surface area contributed by atoms with Crippen LogP contribution in [0.2, 0.25) is 0 Å². The molecule has 20 heteroatoms. The van der Waals surface area contributed by atoms with Crippen LogP contribution in [0.15, 0.2) is 0 Å². The van der Waals surface area contributed by atoms with Crippen LogP contribution in [0.25, 0.3) is 0 Å². The highest BCUT2D eigenvalue weighted by Gasteiger charge is 2.48. The van der Waals surface area contributed by atoms with E-state index in [1.807, 2.05) is 0 Å². The van der Waals surface area contributed by atoms with E-state index in [9.17, 15) is 47.9 Å². The number of ether oxygens (including phenoxy) is 9. The molecular weight excluding hydrogens is 788 g/mol. The van der Waals surface area contributed by atoms with Crippen LogP contribution in [-0.4, -0.2) is 119 Å². The molecule has 1 saturated heterocycles. The van der Waals surface area contributed by atoms with Crippen LogP contribution in [-0.2, 0) is 90.6 Å². The number of hydrogen-bond acceptors (Lipinski definition) is 19.